The molecule has 0 saturated carbocycles. The molecule has 0 aliphatic rings. The lowest BCUT2D eigenvalue weighted by molar-refractivity contribution is -0.120. The second kappa shape index (κ2) is 10.2. The van der Waals surface area contributed by atoms with Gasteiger partial charge in [-0.2, -0.15) is 0 Å². The molecule has 2 aromatic carbocycles. The zero-order chi connectivity index (χ0) is 22.3. The first-order valence-corrected chi connectivity index (χ1v) is 11.0. The lowest BCUT2D eigenvalue weighted by atomic mass is 10.1. The van der Waals surface area contributed by atoms with Crippen LogP contribution in [0.3, 0.4) is 0 Å². The number of aromatic hydroxyl groups is 1. The monoisotopic (exact) mass is 433 g/mol. The third-order valence-electron chi connectivity index (χ3n) is 4.38. The predicted octanol–water partition coefficient (Wildman–Crippen LogP) is 1.53. The minimum absolute atomic E-state index is 0.0188. The molecule has 0 aliphatic carbocycles. The van der Waals surface area contributed by atoms with Crippen molar-refractivity contribution in [3.63, 3.8) is 0 Å². The molecule has 30 heavy (non-hydrogen) atoms. The highest BCUT2D eigenvalue weighted by Gasteiger charge is 2.19. The van der Waals surface area contributed by atoms with Gasteiger partial charge in [-0.15, -0.1) is 0 Å². The molecular formula is C21H27N3O5S. The number of rotatable bonds is 9. The molecule has 4 N–H and O–H groups in total. The van der Waals surface area contributed by atoms with Gasteiger partial charge in [0.25, 0.3) is 5.91 Å². The van der Waals surface area contributed by atoms with Crippen LogP contribution in [-0.4, -0.2) is 45.0 Å². The fraction of sp³-hybridized carbons (Fsp3) is 0.333. The van der Waals surface area contributed by atoms with Crippen LogP contribution >= 0.6 is 0 Å². The Bertz CT molecular complexity index is 994. The van der Waals surface area contributed by atoms with E-state index in [1.165, 1.54) is 24.3 Å². The van der Waals surface area contributed by atoms with Crippen molar-refractivity contribution in [1.82, 2.24) is 15.4 Å². The van der Waals surface area contributed by atoms with E-state index in [0.29, 0.717) is 16.7 Å². The highest BCUT2D eigenvalue weighted by atomic mass is 32.2. The molecule has 2 aromatic rings. The molecule has 2 rings (SSSR count). The topological polar surface area (TPSA) is 125 Å². The third-order valence-corrected chi connectivity index (χ3v) is 6.15. The molecular weight excluding hydrogens is 406 g/mol. The van der Waals surface area contributed by atoms with Gasteiger partial charge in [-0.3, -0.25) is 9.59 Å². The van der Waals surface area contributed by atoms with Crippen molar-refractivity contribution in [1.29, 1.82) is 0 Å². The predicted molar refractivity (Wildman–Crippen MR) is 114 cm³/mol. The first-order chi connectivity index (χ1) is 14.1. The minimum atomic E-state index is -3.71. The molecule has 162 valence electrons. The summed E-state index contributed by atoms with van der Waals surface area (Å²) < 4.78 is 27.6. The van der Waals surface area contributed by atoms with E-state index >= 15 is 0 Å². The van der Waals surface area contributed by atoms with Gasteiger partial charge < -0.3 is 15.7 Å². The summed E-state index contributed by atoms with van der Waals surface area (Å²) in [5, 5.41) is 14.5. The van der Waals surface area contributed by atoms with E-state index < -0.39 is 10.0 Å². The number of phenols is 1. The number of nitrogens with one attached hydrogen (secondary N) is 3. The number of hydrogen-bond acceptors (Lipinski definition) is 5. The Balaban J connectivity index is 1.73. The number of benzene rings is 2. The number of carbonyl (C=O) groups excluding carboxylic acids is 2. The zero-order valence-electron chi connectivity index (χ0n) is 17.3. The molecule has 0 radical (unpaired) electrons. The molecule has 9 heteroatoms. The van der Waals surface area contributed by atoms with Crippen LogP contribution in [0.5, 0.6) is 5.75 Å². The molecule has 0 spiro atoms. The van der Waals surface area contributed by atoms with E-state index in [2.05, 4.69) is 15.4 Å². The van der Waals surface area contributed by atoms with Crippen molar-refractivity contribution in [2.75, 3.05) is 19.6 Å². The molecule has 2 amide bonds. The maximum absolute atomic E-state index is 12.6. The van der Waals surface area contributed by atoms with Crippen LogP contribution in [0.4, 0.5) is 0 Å². The fourth-order valence-electron chi connectivity index (χ4n) is 3.14. The molecule has 0 fully saturated rings. The second-order valence-electron chi connectivity index (χ2n) is 7.03. The lowest BCUT2D eigenvalue weighted by Crippen LogP contribution is -2.36. The van der Waals surface area contributed by atoms with Crippen LogP contribution < -0.4 is 15.4 Å². The highest BCUT2D eigenvalue weighted by molar-refractivity contribution is 7.89. The molecule has 0 bridgehead atoms. The molecule has 8 nitrogen and oxygen atoms in total. The second-order valence-corrected chi connectivity index (χ2v) is 8.73. The van der Waals surface area contributed by atoms with Gasteiger partial charge in [0.15, 0.2) is 0 Å². The number of amides is 2. The van der Waals surface area contributed by atoms with Crippen LogP contribution in [0, 0.1) is 20.8 Å². The van der Waals surface area contributed by atoms with Crippen molar-refractivity contribution in [3.8, 4) is 5.75 Å². The van der Waals surface area contributed by atoms with Gasteiger partial charge in [0.05, 0.1) is 4.90 Å². The number of hydrogen-bond donors (Lipinski definition) is 4. The summed E-state index contributed by atoms with van der Waals surface area (Å²) in [7, 11) is -3.71. The van der Waals surface area contributed by atoms with Crippen LogP contribution in [0.2, 0.25) is 0 Å². The molecule has 0 saturated heterocycles. The average Bonchev–Trinajstić information content (AvgIpc) is 2.64. The Morgan fingerprint density at radius 2 is 1.47 bits per heavy atom. The summed E-state index contributed by atoms with van der Waals surface area (Å²) >= 11 is 0. The van der Waals surface area contributed by atoms with E-state index in [1.54, 1.807) is 26.0 Å². The van der Waals surface area contributed by atoms with Crippen molar-refractivity contribution >= 4 is 21.8 Å². The van der Waals surface area contributed by atoms with Gasteiger partial charge in [0.1, 0.15) is 5.75 Å². The van der Waals surface area contributed by atoms with Crippen molar-refractivity contribution < 1.29 is 23.1 Å². The number of sulfonamides is 1. The molecule has 0 aromatic heterocycles. The maximum Gasteiger partial charge on any atom is 0.251 e. The summed E-state index contributed by atoms with van der Waals surface area (Å²) in [5.41, 5.74) is 2.71. The molecule has 0 aliphatic heterocycles. The zero-order valence-corrected chi connectivity index (χ0v) is 18.1. The van der Waals surface area contributed by atoms with Gasteiger partial charge in [0.2, 0.25) is 15.9 Å². The fourth-order valence-corrected chi connectivity index (χ4v) is 4.62. The summed E-state index contributed by atoms with van der Waals surface area (Å²) in [4.78, 5) is 24.1. The smallest absolute Gasteiger partial charge is 0.251 e. The first kappa shape index (κ1) is 23.4. The molecule has 0 atom stereocenters. The van der Waals surface area contributed by atoms with E-state index in [4.69, 9.17) is 0 Å². The van der Waals surface area contributed by atoms with Gasteiger partial charge in [-0.05, 0) is 56.2 Å². The molecule has 0 unspecified atom stereocenters. The van der Waals surface area contributed by atoms with Crippen LogP contribution in [0.1, 0.15) is 33.5 Å². The lowest BCUT2D eigenvalue weighted by Gasteiger charge is -2.13. The summed E-state index contributed by atoms with van der Waals surface area (Å²) in [5.74, 6) is -0.572. The van der Waals surface area contributed by atoms with E-state index in [1.807, 2.05) is 6.92 Å². The normalized spacial score (nSPS) is 11.2. The summed E-state index contributed by atoms with van der Waals surface area (Å²) in [6, 6.07) is 9.43. The largest absolute Gasteiger partial charge is 0.508 e. The number of aryl methyl sites for hydroxylation is 3. The van der Waals surface area contributed by atoms with E-state index in [0.717, 1.165) is 5.56 Å². The van der Waals surface area contributed by atoms with Gasteiger partial charge in [-0.1, -0.05) is 17.7 Å². The number of carbonyl (C=O) groups is 2. The Morgan fingerprint density at radius 1 is 0.900 bits per heavy atom. The van der Waals surface area contributed by atoms with Crippen molar-refractivity contribution in [3.05, 3.63) is 58.7 Å². The van der Waals surface area contributed by atoms with Gasteiger partial charge in [0, 0.05) is 31.6 Å². The van der Waals surface area contributed by atoms with E-state index in [9.17, 15) is 23.1 Å². The number of phenolic OH excluding ortho intramolecular Hbond substituents is 1. The summed E-state index contributed by atoms with van der Waals surface area (Å²) in [6.07, 6.45) is -0.0188. The Hall–Kier alpha value is -2.91. The van der Waals surface area contributed by atoms with Crippen LogP contribution in [0.25, 0.3) is 0 Å². The van der Waals surface area contributed by atoms with Crippen molar-refractivity contribution in [2.24, 2.45) is 0 Å². The van der Waals surface area contributed by atoms with Gasteiger partial charge in [-0.25, -0.2) is 13.1 Å². The van der Waals surface area contributed by atoms with Crippen molar-refractivity contribution in [2.45, 2.75) is 32.1 Å². The molecule has 0 heterocycles. The average molecular weight is 434 g/mol. The van der Waals surface area contributed by atoms with Crippen LogP contribution in [0.15, 0.2) is 41.3 Å². The Morgan fingerprint density at radius 3 is 2.07 bits per heavy atom. The Kier molecular flexibility index (Phi) is 7.96. The maximum atomic E-state index is 12.6. The third kappa shape index (κ3) is 6.57. The standard InChI is InChI=1S/C21H27N3O5S/c1-14-12-15(2)20(16(3)13-14)30(28,29)24-9-8-19(26)22-10-11-23-21(27)17-4-6-18(25)7-5-17/h4-7,12-13,24-25H,8-11H2,1-3H3,(H,22,26)(H,23,27). The summed E-state index contributed by atoms with van der Waals surface area (Å²) in [6.45, 7) is 5.80. The quantitative estimate of drug-likeness (QED) is 0.447. The van der Waals surface area contributed by atoms with Crippen LogP contribution in [-0.2, 0) is 14.8 Å². The SMILES string of the molecule is Cc1cc(C)c(S(=O)(=O)NCCC(=O)NCCNC(=O)c2ccc(O)cc2)c(C)c1. The van der Waals surface area contributed by atoms with E-state index in [-0.39, 0.29) is 48.5 Å². The first-order valence-electron chi connectivity index (χ1n) is 9.51. The minimum Gasteiger partial charge on any atom is -0.508 e. The highest BCUT2D eigenvalue weighted by Crippen LogP contribution is 2.21. The van der Waals surface area contributed by atoms with Gasteiger partial charge >= 0.3 is 0 Å². The Labute approximate surface area is 176 Å².